The number of carbonyl (C=O) groups excluding carboxylic acids is 2. The molecule has 35 heavy (non-hydrogen) atoms. The molecular formula is C29H32O6. The lowest BCUT2D eigenvalue weighted by atomic mass is 9.97. The van der Waals surface area contributed by atoms with Crippen molar-refractivity contribution in [2.45, 2.75) is 59.3 Å². The molecule has 0 saturated heterocycles. The molecule has 0 amide bonds. The van der Waals surface area contributed by atoms with Crippen LogP contribution in [0.15, 0.2) is 67.1 Å². The van der Waals surface area contributed by atoms with E-state index in [0.29, 0.717) is 33.0 Å². The van der Waals surface area contributed by atoms with Crippen molar-refractivity contribution in [3.05, 3.63) is 72.7 Å². The van der Waals surface area contributed by atoms with Gasteiger partial charge in [-0.05, 0) is 50.3 Å². The Hall–Kier alpha value is -3.80. The number of aryl methyl sites for hydroxylation is 1. The quantitative estimate of drug-likeness (QED) is 0.0957. The second kappa shape index (κ2) is 13.2. The second-order valence-electron chi connectivity index (χ2n) is 8.17. The molecule has 0 unspecified atom stereocenters. The molecule has 0 N–H and O–H groups in total. The van der Waals surface area contributed by atoms with Crippen LogP contribution < -0.4 is 9.47 Å². The lowest BCUT2D eigenvalue weighted by molar-refractivity contribution is 0.134. The van der Waals surface area contributed by atoms with Gasteiger partial charge in [-0.25, -0.2) is 9.59 Å². The van der Waals surface area contributed by atoms with Gasteiger partial charge in [-0.2, -0.15) is 0 Å². The van der Waals surface area contributed by atoms with Crippen LogP contribution in [0.25, 0.3) is 21.5 Å². The standard InChI is InChI=1S/C29H32O6/c1-4-6-8-12-19-32-28(30)34-26-22-16-10-11-17-23(22)27(25-21(3)15-14-18-24(25)26)35-29(31)33-20-13-9-7-5-2/h10-20H,4-9H2,1-3H3/b19-12+,20-13+. The van der Waals surface area contributed by atoms with Crippen molar-refractivity contribution < 1.29 is 28.5 Å². The predicted molar refractivity (Wildman–Crippen MR) is 138 cm³/mol. The zero-order valence-electron chi connectivity index (χ0n) is 20.5. The minimum absolute atomic E-state index is 0.339. The summed E-state index contributed by atoms with van der Waals surface area (Å²) < 4.78 is 21.6. The Kier molecular flexibility index (Phi) is 9.72. The molecule has 0 bridgehead atoms. The van der Waals surface area contributed by atoms with Gasteiger partial charge in [0.25, 0.3) is 0 Å². The Labute approximate surface area is 206 Å². The fourth-order valence-electron chi connectivity index (χ4n) is 3.74. The van der Waals surface area contributed by atoms with E-state index in [1.807, 2.05) is 43.3 Å². The summed E-state index contributed by atoms with van der Waals surface area (Å²) in [6.45, 7) is 6.09. The minimum Gasteiger partial charge on any atom is -0.403 e. The Morgan fingerprint density at radius 2 is 1.23 bits per heavy atom. The van der Waals surface area contributed by atoms with Gasteiger partial charge < -0.3 is 18.9 Å². The van der Waals surface area contributed by atoms with Crippen molar-refractivity contribution in [2.24, 2.45) is 0 Å². The third-order valence-electron chi connectivity index (χ3n) is 5.50. The Balaban J connectivity index is 1.96. The van der Waals surface area contributed by atoms with E-state index in [2.05, 4.69) is 13.8 Å². The van der Waals surface area contributed by atoms with Crippen molar-refractivity contribution in [3.63, 3.8) is 0 Å². The SMILES string of the molecule is CCCC/C=C/OC(=O)Oc1c2ccccc2c(OC(=O)O/C=C/CCCC)c2c(C)cccc12. The lowest BCUT2D eigenvalue weighted by Crippen LogP contribution is -2.10. The van der Waals surface area contributed by atoms with Crippen molar-refractivity contribution >= 4 is 33.9 Å². The molecule has 0 spiro atoms. The fourth-order valence-corrected chi connectivity index (χ4v) is 3.74. The number of benzene rings is 3. The highest BCUT2D eigenvalue weighted by Crippen LogP contribution is 2.44. The van der Waals surface area contributed by atoms with E-state index < -0.39 is 12.3 Å². The molecule has 0 aliphatic heterocycles. The smallest absolute Gasteiger partial charge is 0.403 e. The Morgan fingerprint density at radius 1 is 0.714 bits per heavy atom. The maximum Gasteiger partial charge on any atom is 0.518 e. The van der Waals surface area contributed by atoms with Crippen LogP contribution in [0.1, 0.15) is 57.9 Å². The van der Waals surface area contributed by atoms with E-state index in [1.165, 1.54) is 12.5 Å². The number of ether oxygens (including phenoxy) is 4. The average molecular weight is 477 g/mol. The summed E-state index contributed by atoms with van der Waals surface area (Å²) in [4.78, 5) is 25.0. The molecule has 0 aliphatic rings. The van der Waals surface area contributed by atoms with Crippen LogP contribution in [0.3, 0.4) is 0 Å². The molecule has 184 valence electrons. The molecule has 3 rings (SSSR count). The van der Waals surface area contributed by atoms with Crippen molar-refractivity contribution in [3.8, 4) is 11.5 Å². The molecule has 3 aromatic rings. The molecule has 6 heteroatoms. The summed E-state index contributed by atoms with van der Waals surface area (Å²) in [6.07, 6.45) is 10.4. The van der Waals surface area contributed by atoms with Crippen LogP contribution in [0.4, 0.5) is 9.59 Å². The number of fused-ring (bicyclic) bond motifs is 2. The first-order valence-electron chi connectivity index (χ1n) is 12.1. The highest BCUT2D eigenvalue weighted by atomic mass is 16.7. The first-order chi connectivity index (χ1) is 17.1. The van der Waals surface area contributed by atoms with Crippen LogP contribution in [-0.4, -0.2) is 12.3 Å². The summed E-state index contributed by atoms with van der Waals surface area (Å²) in [6, 6.07) is 12.8. The average Bonchev–Trinajstić information content (AvgIpc) is 2.85. The van der Waals surface area contributed by atoms with Crippen LogP contribution >= 0.6 is 0 Å². The van der Waals surface area contributed by atoms with Crippen molar-refractivity contribution in [1.82, 2.24) is 0 Å². The van der Waals surface area contributed by atoms with Crippen molar-refractivity contribution in [2.75, 3.05) is 0 Å². The summed E-state index contributed by atoms with van der Waals surface area (Å²) in [7, 11) is 0. The maximum atomic E-state index is 12.5. The van der Waals surface area contributed by atoms with E-state index in [-0.39, 0.29) is 0 Å². The van der Waals surface area contributed by atoms with E-state index in [9.17, 15) is 9.59 Å². The van der Waals surface area contributed by atoms with Gasteiger partial charge in [-0.15, -0.1) is 0 Å². The van der Waals surface area contributed by atoms with E-state index in [0.717, 1.165) is 44.1 Å². The number of allylic oxidation sites excluding steroid dienone is 2. The molecule has 0 atom stereocenters. The topological polar surface area (TPSA) is 71.1 Å². The van der Waals surface area contributed by atoms with Gasteiger partial charge in [0.15, 0.2) is 5.75 Å². The molecule has 0 saturated carbocycles. The first-order valence-corrected chi connectivity index (χ1v) is 12.1. The highest BCUT2D eigenvalue weighted by molar-refractivity contribution is 6.13. The molecule has 6 nitrogen and oxygen atoms in total. The summed E-state index contributed by atoms with van der Waals surface area (Å²) in [5, 5.41) is 2.50. The van der Waals surface area contributed by atoms with Gasteiger partial charge in [0.1, 0.15) is 5.75 Å². The molecule has 0 aliphatic carbocycles. The van der Waals surface area contributed by atoms with Crippen LogP contribution in [0.2, 0.25) is 0 Å². The van der Waals surface area contributed by atoms with Gasteiger partial charge in [0.05, 0.1) is 12.5 Å². The minimum atomic E-state index is -0.837. The van der Waals surface area contributed by atoms with Crippen LogP contribution in [0, 0.1) is 6.92 Å². The second-order valence-corrected chi connectivity index (χ2v) is 8.17. The molecule has 0 radical (unpaired) electrons. The summed E-state index contributed by atoms with van der Waals surface area (Å²) >= 11 is 0. The lowest BCUT2D eigenvalue weighted by Gasteiger charge is -2.16. The zero-order valence-corrected chi connectivity index (χ0v) is 20.5. The molecule has 0 aromatic heterocycles. The van der Waals surface area contributed by atoms with E-state index >= 15 is 0 Å². The monoisotopic (exact) mass is 476 g/mol. The number of unbranched alkanes of at least 4 members (excludes halogenated alkanes) is 4. The Morgan fingerprint density at radius 3 is 1.80 bits per heavy atom. The summed E-state index contributed by atoms with van der Waals surface area (Å²) in [5.74, 6) is 0.687. The highest BCUT2D eigenvalue weighted by Gasteiger charge is 2.21. The van der Waals surface area contributed by atoms with Crippen molar-refractivity contribution in [1.29, 1.82) is 0 Å². The molecule has 0 fully saturated rings. The largest absolute Gasteiger partial charge is 0.518 e. The summed E-state index contributed by atoms with van der Waals surface area (Å²) in [5.41, 5.74) is 0.854. The van der Waals surface area contributed by atoms with Gasteiger partial charge in [0, 0.05) is 21.5 Å². The normalized spacial score (nSPS) is 11.4. The first kappa shape index (κ1) is 25.8. The van der Waals surface area contributed by atoms with E-state index in [1.54, 1.807) is 18.2 Å². The number of carbonyl (C=O) groups is 2. The van der Waals surface area contributed by atoms with Gasteiger partial charge >= 0.3 is 12.3 Å². The number of rotatable bonds is 10. The number of hydrogen-bond acceptors (Lipinski definition) is 6. The molecule has 3 aromatic carbocycles. The maximum absolute atomic E-state index is 12.5. The third-order valence-corrected chi connectivity index (χ3v) is 5.50. The van der Waals surface area contributed by atoms with E-state index in [4.69, 9.17) is 18.9 Å². The fraction of sp³-hybridized carbons (Fsp3) is 0.310. The van der Waals surface area contributed by atoms with Crippen LogP contribution in [-0.2, 0) is 9.47 Å². The predicted octanol–water partition coefficient (Wildman–Crippen LogP) is 8.74. The molecular weight excluding hydrogens is 444 g/mol. The number of hydrogen-bond donors (Lipinski definition) is 0. The zero-order chi connectivity index (χ0) is 25.0. The van der Waals surface area contributed by atoms with Crippen LogP contribution in [0.5, 0.6) is 11.5 Å². The van der Waals surface area contributed by atoms with Gasteiger partial charge in [0.2, 0.25) is 0 Å². The molecule has 0 heterocycles. The third kappa shape index (κ3) is 6.85. The van der Waals surface area contributed by atoms with Gasteiger partial charge in [-0.3, -0.25) is 0 Å². The Bertz CT molecular complexity index is 1220. The van der Waals surface area contributed by atoms with Gasteiger partial charge in [-0.1, -0.05) is 69.2 Å².